The van der Waals surface area contributed by atoms with E-state index in [2.05, 4.69) is 6.92 Å². The molecule has 3 rings (SSSR count). The molecule has 0 unspecified atom stereocenters. The third-order valence-corrected chi connectivity index (χ3v) is 6.88. The van der Waals surface area contributed by atoms with E-state index in [0.29, 0.717) is 6.61 Å². The number of hydrogen-bond donors (Lipinski definition) is 1. The average molecular weight is 348 g/mol. The normalized spacial score (nSPS) is 26.0. The summed E-state index contributed by atoms with van der Waals surface area (Å²) in [5.74, 6) is 0.467. The monoisotopic (exact) mass is 348 g/mol. The van der Waals surface area contributed by atoms with E-state index < -0.39 is 15.1 Å². The number of benzene rings is 1. The number of rotatable bonds is 5. The van der Waals surface area contributed by atoms with Crippen LogP contribution in [0.2, 0.25) is 0 Å². The molecule has 0 saturated carbocycles. The van der Waals surface area contributed by atoms with Crippen molar-refractivity contribution in [2.24, 2.45) is 0 Å². The summed E-state index contributed by atoms with van der Waals surface area (Å²) in [5.41, 5.74) is 4.24. The lowest BCUT2D eigenvalue weighted by molar-refractivity contribution is 0.117. The van der Waals surface area contributed by atoms with Crippen molar-refractivity contribution in [3.63, 3.8) is 0 Å². The van der Waals surface area contributed by atoms with Crippen LogP contribution in [0.3, 0.4) is 0 Å². The highest BCUT2D eigenvalue weighted by Gasteiger charge is 2.46. The Morgan fingerprint density at radius 3 is 2.92 bits per heavy atom. The van der Waals surface area contributed by atoms with E-state index in [1.807, 2.05) is 25.1 Å². The van der Waals surface area contributed by atoms with E-state index in [4.69, 9.17) is 4.74 Å². The lowest BCUT2D eigenvalue weighted by atomic mass is 9.96. The first-order chi connectivity index (χ1) is 11.4. The van der Waals surface area contributed by atoms with Crippen molar-refractivity contribution in [1.29, 1.82) is 0 Å². The van der Waals surface area contributed by atoms with Crippen LogP contribution in [0.5, 0.6) is 5.75 Å². The van der Waals surface area contributed by atoms with Gasteiger partial charge < -0.3 is 9.84 Å². The standard InChI is InChI=1S/C19H24O4S/c1-3-15-12-24(21,22)18-11-23-17(19(15)18)8-7-13(2)9-14-5-4-6-16(20)10-14/h4-6,9-10,17-18,20H,3,7-8,11-12H2,1-2H3/b13-9+/t17-,18+/m1/s1. The van der Waals surface area contributed by atoms with E-state index in [1.54, 1.807) is 12.1 Å². The Labute approximate surface area is 143 Å². The summed E-state index contributed by atoms with van der Waals surface area (Å²) >= 11 is 0. The molecule has 1 aromatic rings. The summed E-state index contributed by atoms with van der Waals surface area (Å²) in [6.45, 7) is 4.38. The third-order valence-electron chi connectivity index (χ3n) is 4.87. The van der Waals surface area contributed by atoms with E-state index >= 15 is 0 Å². The summed E-state index contributed by atoms with van der Waals surface area (Å²) < 4.78 is 30.2. The summed E-state index contributed by atoms with van der Waals surface area (Å²) in [6.07, 6.45) is 4.39. The van der Waals surface area contributed by atoms with Crippen molar-refractivity contribution in [3.8, 4) is 5.75 Å². The minimum atomic E-state index is -3.05. The summed E-state index contributed by atoms with van der Waals surface area (Å²) in [6, 6.07) is 7.15. The Morgan fingerprint density at radius 1 is 1.42 bits per heavy atom. The molecule has 4 nitrogen and oxygen atoms in total. The maximum absolute atomic E-state index is 12.2. The maximum atomic E-state index is 12.2. The lowest BCUT2D eigenvalue weighted by Gasteiger charge is -2.13. The second-order valence-electron chi connectivity index (χ2n) is 6.65. The minimum absolute atomic E-state index is 0.0743. The van der Waals surface area contributed by atoms with Gasteiger partial charge in [0.25, 0.3) is 0 Å². The average Bonchev–Trinajstić information content (AvgIpc) is 3.05. The first kappa shape index (κ1) is 17.2. The van der Waals surface area contributed by atoms with Crippen LogP contribution in [0.15, 0.2) is 41.0 Å². The molecule has 2 heterocycles. The molecule has 1 aromatic carbocycles. The molecular formula is C19H24O4S. The van der Waals surface area contributed by atoms with Gasteiger partial charge in [-0.3, -0.25) is 0 Å². The Morgan fingerprint density at radius 2 is 2.21 bits per heavy atom. The molecule has 130 valence electrons. The molecule has 2 atom stereocenters. The first-order valence-corrected chi connectivity index (χ1v) is 10.1. The van der Waals surface area contributed by atoms with Gasteiger partial charge in [-0.05, 0) is 49.5 Å². The predicted molar refractivity (Wildman–Crippen MR) is 95.6 cm³/mol. The Kier molecular flexibility index (Phi) is 4.83. The molecule has 0 radical (unpaired) electrons. The molecule has 1 fully saturated rings. The summed E-state index contributed by atoms with van der Waals surface area (Å²) in [7, 11) is -3.05. The van der Waals surface area contributed by atoms with Crippen LogP contribution in [-0.4, -0.2) is 37.2 Å². The minimum Gasteiger partial charge on any atom is -0.508 e. The van der Waals surface area contributed by atoms with Crippen molar-refractivity contribution in [2.75, 3.05) is 12.4 Å². The molecular weight excluding hydrogens is 324 g/mol. The number of aromatic hydroxyl groups is 1. The molecule has 2 aliphatic rings. The van der Waals surface area contributed by atoms with Gasteiger partial charge in [0.2, 0.25) is 0 Å². The van der Waals surface area contributed by atoms with Crippen LogP contribution in [0.1, 0.15) is 38.7 Å². The summed E-state index contributed by atoms with van der Waals surface area (Å²) in [4.78, 5) is 0. The van der Waals surface area contributed by atoms with E-state index in [-0.39, 0.29) is 17.6 Å². The highest BCUT2D eigenvalue weighted by molar-refractivity contribution is 7.92. The van der Waals surface area contributed by atoms with Gasteiger partial charge in [0, 0.05) is 0 Å². The first-order valence-electron chi connectivity index (χ1n) is 8.42. The SMILES string of the molecule is CCC1=C2[C@@H](CC/C(C)=C/c3cccc(O)c3)OC[C@@H]2S(=O)(=O)C1. The molecule has 0 spiro atoms. The number of sulfone groups is 1. The molecule has 0 aliphatic carbocycles. The molecule has 0 aromatic heterocycles. The van der Waals surface area contributed by atoms with E-state index in [1.165, 1.54) is 5.57 Å². The van der Waals surface area contributed by atoms with E-state index in [0.717, 1.165) is 36.0 Å². The molecule has 0 bridgehead atoms. The van der Waals surface area contributed by atoms with E-state index in [9.17, 15) is 13.5 Å². The van der Waals surface area contributed by atoms with Gasteiger partial charge in [0.05, 0.1) is 18.5 Å². The Bertz CT molecular complexity index is 789. The maximum Gasteiger partial charge on any atom is 0.163 e. The quantitative estimate of drug-likeness (QED) is 0.828. The van der Waals surface area contributed by atoms with Crippen molar-refractivity contribution in [1.82, 2.24) is 0 Å². The largest absolute Gasteiger partial charge is 0.508 e. The molecule has 2 aliphatic heterocycles. The Balaban J connectivity index is 1.69. The van der Waals surface area contributed by atoms with Gasteiger partial charge in [-0.25, -0.2) is 8.42 Å². The molecule has 1 saturated heterocycles. The molecule has 5 heteroatoms. The third kappa shape index (κ3) is 3.42. The van der Waals surface area contributed by atoms with Gasteiger partial charge in [0.1, 0.15) is 11.0 Å². The van der Waals surface area contributed by atoms with Gasteiger partial charge in [-0.15, -0.1) is 0 Å². The zero-order chi connectivity index (χ0) is 17.3. The zero-order valence-corrected chi connectivity index (χ0v) is 15.0. The number of phenols is 1. The summed E-state index contributed by atoms with van der Waals surface area (Å²) in [5, 5.41) is 9.11. The molecule has 24 heavy (non-hydrogen) atoms. The topological polar surface area (TPSA) is 63.6 Å². The van der Waals surface area contributed by atoms with Crippen LogP contribution in [0, 0.1) is 0 Å². The number of phenolic OH excluding ortho intramolecular Hbond substituents is 1. The number of ether oxygens (including phenoxy) is 1. The fraction of sp³-hybridized carbons (Fsp3) is 0.474. The van der Waals surface area contributed by atoms with Crippen LogP contribution in [0.25, 0.3) is 6.08 Å². The number of hydrogen-bond acceptors (Lipinski definition) is 4. The van der Waals surface area contributed by atoms with Crippen molar-refractivity contribution < 1.29 is 18.3 Å². The molecule has 1 N–H and O–H groups in total. The van der Waals surface area contributed by atoms with Gasteiger partial charge >= 0.3 is 0 Å². The smallest absolute Gasteiger partial charge is 0.163 e. The van der Waals surface area contributed by atoms with Crippen LogP contribution in [0.4, 0.5) is 0 Å². The van der Waals surface area contributed by atoms with Crippen molar-refractivity contribution >= 4 is 15.9 Å². The zero-order valence-electron chi connectivity index (χ0n) is 14.2. The predicted octanol–water partition coefficient (Wildman–Crippen LogP) is 3.48. The highest BCUT2D eigenvalue weighted by Crippen LogP contribution is 2.39. The van der Waals surface area contributed by atoms with Crippen LogP contribution >= 0.6 is 0 Å². The highest BCUT2D eigenvalue weighted by atomic mass is 32.2. The van der Waals surface area contributed by atoms with Gasteiger partial charge in [-0.2, -0.15) is 0 Å². The lowest BCUT2D eigenvalue weighted by Crippen LogP contribution is -2.19. The second kappa shape index (κ2) is 6.73. The van der Waals surface area contributed by atoms with Crippen LogP contribution < -0.4 is 0 Å². The fourth-order valence-electron chi connectivity index (χ4n) is 3.64. The number of allylic oxidation sites excluding steroid dienone is 1. The fourth-order valence-corrected chi connectivity index (χ4v) is 5.69. The number of fused-ring (bicyclic) bond motifs is 1. The second-order valence-corrected chi connectivity index (χ2v) is 8.84. The van der Waals surface area contributed by atoms with Gasteiger partial charge in [-0.1, -0.05) is 36.3 Å². The van der Waals surface area contributed by atoms with Crippen molar-refractivity contribution in [3.05, 3.63) is 46.5 Å². The van der Waals surface area contributed by atoms with Gasteiger partial charge in [0.15, 0.2) is 9.84 Å². The molecule has 0 amide bonds. The van der Waals surface area contributed by atoms with Crippen molar-refractivity contribution in [2.45, 2.75) is 44.5 Å². The van der Waals surface area contributed by atoms with Crippen LogP contribution in [-0.2, 0) is 14.6 Å². The Hall–Kier alpha value is -1.59.